The molecule has 1 saturated heterocycles. The van der Waals surface area contributed by atoms with Crippen molar-refractivity contribution in [2.75, 3.05) is 31.6 Å². The van der Waals surface area contributed by atoms with Crippen LogP contribution >= 0.6 is 0 Å². The molecule has 0 aromatic heterocycles. The summed E-state index contributed by atoms with van der Waals surface area (Å²) >= 11 is 0. The Balaban J connectivity index is 1.55. The van der Waals surface area contributed by atoms with Gasteiger partial charge in [-0.05, 0) is 68.5 Å². The van der Waals surface area contributed by atoms with Gasteiger partial charge in [0.2, 0.25) is 5.91 Å². The van der Waals surface area contributed by atoms with E-state index in [0.29, 0.717) is 5.92 Å². The van der Waals surface area contributed by atoms with Crippen LogP contribution in [0.2, 0.25) is 0 Å². The molecule has 1 amide bonds. The van der Waals surface area contributed by atoms with Gasteiger partial charge in [0.15, 0.2) is 0 Å². The van der Waals surface area contributed by atoms with Crippen LogP contribution in [0.5, 0.6) is 5.75 Å². The number of hydrogen-bond acceptors (Lipinski definition) is 3. The van der Waals surface area contributed by atoms with E-state index in [1.165, 1.54) is 31.2 Å². The second-order valence-electron chi connectivity index (χ2n) is 6.81. The summed E-state index contributed by atoms with van der Waals surface area (Å²) in [5.74, 6) is 1.82. The fourth-order valence-electron chi connectivity index (χ4n) is 3.79. The van der Waals surface area contributed by atoms with Gasteiger partial charge in [-0.2, -0.15) is 0 Å². The third-order valence-electron chi connectivity index (χ3n) is 5.25. The molecule has 0 spiro atoms. The molecule has 0 radical (unpaired) electrons. The van der Waals surface area contributed by atoms with Crippen LogP contribution in [-0.4, -0.2) is 43.6 Å². The zero-order valence-corrected chi connectivity index (χ0v) is 13.3. The van der Waals surface area contributed by atoms with Crippen LogP contribution in [0.4, 0.5) is 5.69 Å². The van der Waals surface area contributed by atoms with Crippen LogP contribution in [0.3, 0.4) is 0 Å². The van der Waals surface area contributed by atoms with Crippen molar-refractivity contribution in [3.63, 3.8) is 0 Å². The molecule has 0 bridgehead atoms. The molecule has 2 heterocycles. The molecule has 4 nitrogen and oxygen atoms in total. The second-order valence-corrected chi connectivity index (χ2v) is 6.81. The van der Waals surface area contributed by atoms with Gasteiger partial charge in [-0.15, -0.1) is 0 Å². The Kier molecular flexibility index (Phi) is 3.57. The zero-order valence-electron chi connectivity index (χ0n) is 13.3. The maximum absolute atomic E-state index is 13.1. The van der Waals surface area contributed by atoms with E-state index < -0.39 is 0 Å². The second kappa shape index (κ2) is 5.58. The number of rotatable bonds is 4. The summed E-state index contributed by atoms with van der Waals surface area (Å²) in [5, 5.41) is 0. The normalized spacial score (nSPS) is 22.2. The van der Waals surface area contributed by atoms with E-state index >= 15 is 0 Å². The van der Waals surface area contributed by atoms with Crippen molar-refractivity contribution in [3.8, 4) is 5.75 Å². The van der Waals surface area contributed by atoms with Crippen molar-refractivity contribution in [1.82, 2.24) is 4.90 Å². The number of likely N-dealkylation sites (tertiary alicyclic amines) is 1. The average Bonchev–Trinajstić information content (AvgIpc) is 3.03. The highest BCUT2D eigenvalue weighted by Gasteiger charge is 2.42. The number of nitrogens with zero attached hydrogens (tertiary/aromatic N) is 2. The SMILES string of the molecule is CN(C(=O)C(C1CC1)N1CCCC1)c1ccc2c(c1)CCO2. The molecule has 22 heavy (non-hydrogen) atoms. The number of anilines is 1. The van der Waals surface area contributed by atoms with Gasteiger partial charge >= 0.3 is 0 Å². The molecule has 1 aliphatic carbocycles. The lowest BCUT2D eigenvalue weighted by molar-refractivity contribution is -0.123. The van der Waals surface area contributed by atoms with Gasteiger partial charge in [0, 0.05) is 19.2 Å². The number of fused-ring (bicyclic) bond motifs is 1. The maximum Gasteiger partial charge on any atom is 0.244 e. The Labute approximate surface area is 132 Å². The quantitative estimate of drug-likeness (QED) is 0.856. The van der Waals surface area contributed by atoms with Gasteiger partial charge in [0.25, 0.3) is 0 Å². The number of likely N-dealkylation sites (N-methyl/N-ethyl adjacent to an activating group) is 1. The Morgan fingerprint density at radius 1 is 1.32 bits per heavy atom. The fraction of sp³-hybridized carbons (Fsp3) is 0.611. The van der Waals surface area contributed by atoms with Crippen molar-refractivity contribution < 1.29 is 9.53 Å². The minimum Gasteiger partial charge on any atom is -0.493 e. The van der Waals surface area contributed by atoms with Crippen LogP contribution in [0.15, 0.2) is 18.2 Å². The number of benzene rings is 1. The van der Waals surface area contributed by atoms with E-state index in [1.54, 1.807) is 0 Å². The minimum absolute atomic E-state index is 0.0944. The highest BCUT2D eigenvalue weighted by Crippen LogP contribution is 2.38. The summed E-state index contributed by atoms with van der Waals surface area (Å²) in [6, 6.07) is 6.23. The molecule has 3 aliphatic rings. The molecule has 118 valence electrons. The fourth-order valence-corrected chi connectivity index (χ4v) is 3.79. The van der Waals surface area contributed by atoms with Crippen molar-refractivity contribution in [2.45, 2.75) is 38.1 Å². The zero-order chi connectivity index (χ0) is 15.1. The third kappa shape index (κ3) is 2.50. The Morgan fingerprint density at radius 2 is 2.09 bits per heavy atom. The third-order valence-corrected chi connectivity index (χ3v) is 5.25. The van der Waals surface area contributed by atoms with Crippen LogP contribution in [0.1, 0.15) is 31.2 Å². The molecule has 4 rings (SSSR count). The highest BCUT2D eigenvalue weighted by molar-refractivity contribution is 5.97. The van der Waals surface area contributed by atoms with Crippen molar-refractivity contribution in [3.05, 3.63) is 23.8 Å². The first-order valence-electron chi connectivity index (χ1n) is 8.51. The van der Waals surface area contributed by atoms with E-state index in [1.807, 2.05) is 24.1 Å². The summed E-state index contributed by atoms with van der Waals surface area (Å²) in [6.45, 7) is 2.92. The summed E-state index contributed by atoms with van der Waals surface area (Å²) in [7, 11) is 1.92. The van der Waals surface area contributed by atoms with Crippen molar-refractivity contribution in [2.24, 2.45) is 5.92 Å². The number of carbonyl (C=O) groups excluding carboxylic acids is 1. The van der Waals surface area contributed by atoms with Gasteiger partial charge in [0.1, 0.15) is 5.75 Å². The predicted molar refractivity (Wildman–Crippen MR) is 86.4 cm³/mol. The lowest BCUT2D eigenvalue weighted by Gasteiger charge is -2.30. The molecule has 0 N–H and O–H groups in total. The summed E-state index contributed by atoms with van der Waals surface area (Å²) in [5.41, 5.74) is 2.22. The Morgan fingerprint density at radius 3 is 2.82 bits per heavy atom. The Bertz CT molecular complexity index is 576. The molecular formula is C18H24N2O2. The molecule has 1 saturated carbocycles. The summed E-state index contributed by atoms with van der Waals surface area (Å²) in [4.78, 5) is 17.3. The molecule has 1 aromatic rings. The van der Waals surface area contributed by atoms with E-state index in [4.69, 9.17) is 4.74 Å². The first-order chi connectivity index (χ1) is 10.7. The molecule has 1 atom stereocenters. The predicted octanol–water partition coefficient (Wildman–Crippen LogP) is 2.46. The molecule has 2 fully saturated rings. The molecule has 4 heteroatoms. The monoisotopic (exact) mass is 300 g/mol. The van der Waals surface area contributed by atoms with Crippen molar-refractivity contribution in [1.29, 1.82) is 0 Å². The average molecular weight is 300 g/mol. The number of carbonyl (C=O) groups is 1. The van der Waals surface area contributed by atoms with Gasteiger partial charge in [0.05, 0.1) is 12.6 Å². The van der Waals surface area contributed by atoms with Crippen LogP contribution in [0.25, 0.3) is 0 Å². The Hall–Kier alpha value is -1.55. The van der Waals surface area contributed by atoms with E-state index in [-0.39, 0.29) is 11.9 Å². The lowest BCUT2D eigenvalue weighted by Crippen LogP contribution is -2.48. The number of ether oxygens (including phenoxy) is 1. The lowest BCUT2D eigenvalue weighted by atomic mass is 10.1. The number of amides is 1. The maximum atomic E-state index is 13.1. The summed E-state index contributed by atoms with van der Waals surface area (Å²) in [6.07, 6.45) is 5.83. The first kappa shape index (κ1) is 14.1. The van der Waals surface area contributed by atoms with Crippen LogP contribution in [0, 0.1) is 5.92 Å². The topological polar surface area (TPSA) is 32.8 Å². The largest absolute Gasteiger partial charge is 0.493 e. The van der Waals surface area contributed by atoms with Gasteiger partial charge < -0.3 is 9.64 Å². The van der Waals surface area contributed by atoms with E-state index in [0.717, 1.165) is 37.6 Å². The molecule has 2 aliphatic heterocycles. The highest BCUT2D eigenvalue weighted by atomic mass is 16.5. The molecular weight excluding hydrogens is 276 g/mol. The van der Waals surface area contributed by atoms with Gasteiger partial charge in [-0.25, -0.2) is 0 Å². The van der Waals surface area contributed by atoms with Crippen LogP contribution < -0.4 is 9.64 Å². The molecule has 1 aromatic carbocycles. The van der Waals surface area contributed by atoms with Gasteiger partial charge in [-0.1, -0.05) is 0 Å². The van der Waals surface area contributed by atoms with E-state index in [9.17, 15) is 4.79 Å². The minimum atomic E-state index is 0.0944. The standard InChI is InChI=1S/C18H24N2O2/c1-19(15-6-7-16-14(12-15)8-11-22-16)18(21)17(13-4-5-13)20-9-2-3-10-20/h6-7,12-13,17H,2-5,8-11H2,1H3. The summed E-state index contributed by atoms with van der Waals surface area (Å²) < 4.78 is 5.56. The molecule has 1 unspecified atom stereocenters. The number of hydrogen-bond donors (Lipinski definition) is 0. The first-order valence-corrected chi connectivity index (χ1v) is 8.51. The van der Waals surface area contributed by atoms with Crippen LogP contribution in [-0.2, 0) is 11.2 Å². The smallest absolute Gasteiger partial charge is 0.244 e. The van der Waals surface area contributed by atoms with E-state index in [2.05, 4.69) is 11.0 Å². The van der Waals surface area contributed by atoms with Crippen molar-refractivity contribution >= 4 is 11.6 Å². The van der Waals surface area contributed by atoms with Gasteiger partial charge in [-0.3, -0.25) is 9.69 Å².